The lowest BCUT2D eigenvalue weighted by Gasteiger charge is -2.25. The third kappa shape index (κ3) is 2.88. The molecule has 5 nitrogen and oxygen atoms in total. The van der Waals surface area contributed by atoms with Gasteiger partial charge in [0.05, 0.1) is 4.88 Å². The minimum atomic E-state index is -0.174. The Bertz CT molecular complexity index is 475. The van der Waals surface area contributed by atoms with Gasteiger partial charge in [-0.15, -0.1) is 11.3 Å². The Labute approximate surface area is 123 Å². The Morgan fingerprint density at radius 3 is 3.10 bits per heavy atom. The number of hydrogen-bond acceptors (Lipinski definition) is 5. The summed E-state index contributed by atoms with van der Waals surface area (Å²) in [7, 11) is 0. The number of hydrazine groups is 1. The summed E-state index contributed by atoms with van der Waals surface area (Å²) in [5.41, 5.74) is 3.34. The minimum Gasteiger partial charge on any atom is -0.299 e. The molecule has 6 heteroatoms. The van der Waals surface area contributed by atoms with Crippen LogP contribution in [-0.4, -0.2) is 47.9 Å². The van der Waals surface area contributed by atoms with Crippen LogP contribution in [0.25, 0.3) is 0 Å². The fourth-order valence-electron chi connectivity index (χ4n) is 3.39. The molecule has 3 N–H and O–H groups in total. The van der Waals surface area contributed by atoms with Crippen LogP contribution in [0.2, 0.25) is 0 Å². The molecule has 110 valence electrons. The summed E-state index contributed by atoms with van der Waals surface area (Å²) >= 11 is 1.47. The van der Waals surface area contributed by atoms with E-state index < -0.39 is 0 Å². The second kappa shape index (κ2) is 6.22. The van der Waals surface area contributed by atoms with Crippen LogP contribution in [0.5, 0.6) is 0 Å². The van der Waals surface area contributed by atoms with Gasteiger partial charge in [0.25, 0.3) is 5.91 Å². The van der Waals surface area contributed by atoms with E-state index in [0.29, 0.717) is 6.04 Å². The summed E-state index contributed by atoms with van der Waals surface area (Å²) in [4.78, 5) is 17.6. The predicted molar refractivity (Wildman–Crippen MR) is 80.5 cm³/mol. The molecular formula is C14H22N4OS. The van der Waals surface area contributed by atoms with Gasteiger partial charge in [0.15, 0.2) is 0 Å². The van der Waals surface area contributed by atoms with Crippen LogP contribution >= 0.6 is 11.3 Å². The zero-order chi connectivity index (χ0) is 13.9. The number of nitrogens with zero attached hydrogens (tertiary/aromatic N) is 2. The maximum Gasteiger partial charge on any atom is 0.275 e. The van der Waals surface area contributed by atoms with Crippen molar-refractivity contribution in [3.05, 3.63) is 21.9 Å². The monoisotopic (exact) mass is 294 g/mol. The van der Waals surface area contributed by atoms with E-state index in [1.807, 2.05) is 11.4 Å². The molecule has 2 aliphatic heterocycles. The van der Waals surface area contributed by atoms with Crippen molar-refractivity contribution in [1.29, 1.82) is 0 Å². The summed E-state index contributed by atoms with van der Waals surface area (Å²) in [5, 5.41) is 1.97. The van der Waals surface area contributed by atoms with Crippen molar-refractivity contribution in [3.63, 3.8) is 0 Å². The van der Waals surface area contributed by atoms with E-state index >= 15 is 0 Å². The van der Waals surface area contributed by atoms with E-state index in [9.17, 15) is 4.79 Å². The number of rotatable bonds is 3. The lowest BCUT2D eigenvalue weighted by molar-refractivity contribution is 0.0955. The number of thiophene rings is 1. The predicted octanol–water partition coefficient (Wildman–Crippen LogP) is 1.02. The van der Waals surface area contributed by atoms with Crippen LogP contribution in [0.15, 0.2) is 11.4 Å². The van der Waals surface area contributed by atoms with Crippen LogP contribution < -0.4 is 11.3 Å². The highest BCUT2D eigenvalue weighted by molar-refractivity contribution is 7.12. The molecule has 1 aromatic heterocycles. The molecule has 0 aromatic carbocycles. The number of carbonyl (C=O) groups excluding carboxylic acids is 1. The van der Waals surface area contributed by atoms with Crippen molar-refractivity contribution in [2.75, 3.05) is 26.2 Å². The Kier molecular flexibility index (Phi) is 4.35. The van der Waals surface area contributed by atoms with Gasteiger partial charge in [0.1, 0.15) is 0 Å². The largest absolute Gasteiger partial charge is 0.299 e. The van der Waals surface area contributed by atoms with E-state index in [-0.39, 0.29) is 5.91 Å². The van der Waals surface area contributed by atoms with Gasteiger partial charge in [-0.2, -0.15) is 0 Å². The highest BCUT2D eigenvalue weighted by Gasteiger charge is 2.29. The standard InChI is InChI=1S/C14H22N4OS/c15-16-14(19)13-11(4-8-20-13)9-17-5-2-7-18-6-1-3-12(18)10-17/h4,8,12H,1-3,5-7,9-10,15H2,(H,16,19). The second-order valence-corrected chi connectivity index (χ2v) is 6.59. The molecule has 0 bridgehead atoms. The first-order valence-corrected chi connectivity index (χ1v) is 8.19. The van der Waals surface area contributed by atoms with E-state index in [2.05, 4.69) is 15.2 Å². The van der Waals surface area contributed by atoms with Crippen LogP contribution in [0.4, 0.5) is 0 Å². The SMILES string of the molecule is NNC(=O)c1sccc1CN1CCCN2CCCC2C1. The molecular weight excluding hydrogens is 272 g/mol. The molecule has 1 amide bonds. The maximum absolute atomic E-state index is 11.7. The average molecular weight is 294 g/mol. The summed E-state index contributed by atoms with van der Waals surface area (Å²) in [6.45, 7) is 5.58. The van der Waals surface area contributed by atoms with E-state index in [4.69, 9.17) is 5.84 Å². The van der Waals surface area contributed by atoms with Crippen LogP contribution in [-0.2, 0) is 6.54 Å². The van der Waals surface area contributed by atoms with Crippen molar-refractivity contribution < 1.29 is 4.79 Å². The molecule has 2 saturated heterocycles. The van der Waals surface area contributed by atoms with Gasteiger partial charge >= 0.3 is 0 Å². The molecule has 20 heavy (non-hydrogen) atoms. The van der Waals surface area contributed by atoms with Gasteiger partial charge in [-0.25, -0.2) is 5.84 Å². The maximum atomic E-state index is 11.7. The molecule has 1 atom stereocenters. The smallest absolute Gasteiger partial charge is 0.275 e. The minimum absolute atomic E-state index is 0.174. The zero-order valence-corrected chi connectivity index (χ0v) is 12.5. The average Bonchev–Trinajstić information content (AvgIpc) is 3.04. The fourth-order valence-corrected chi connectivity index (χ4v) is 4.21. The number of nitrogen functional groups attached to an aromatic ring is 1. The van der Waals surface area contributed by atoms with Gasteiger partial charge in [-0.1, -0.05) is 0 Å². The Hall–Kier alpha value is -0.950. The number of amides is 1. The Morgan fingerprint density at radius 2 is 2.25 bits per heavy atom. The molecule has 3 rings (SSSR count). The number of hydrogen-bond donors (Lipinski definition) is 2. The van der Waals surface area contributed by atoms with Crippen molar-refractivity contribution in [3.8, 4) is 0 Å². The highest BCUT2D eigenvalue weighted by atomic mass is 32.1. The van der Waals surface area contributed by atoms with Crippen molar-refractivity contribution >= 4 is 17.2 Å². The van der Waals surface area contributed by atoms with Gasteiger partial charge in [-0.3, -0.25) is 20.0 Å². The Balaban J connectivity index is 1.68. The van der Waals surface area contributed by atoms with Gasteiger partial charge in [-0.05, 0) is 55.9 Å². The summed E-state index contributed by atoms with van der Waals surface area (Å²) in [6.07, 6.45) is 3.87. The van der Waals surface area contributed by atoms with Crippen molar-refractivity contribution in [1.82, 2.24) is 15.2 Å². The molecule has 3 heterocycles. The van der Waals surface area contributed by atoms with E-state index in [1.165, 1.54) is 43.7 Å². The molecule has 1 unspecified atom stereocenters. The highest BCUT2D eigenvalue weighted by Crippen LogP contribution is 2.24. The van der Waals surface area contributed by atoms with Crippen LogP contribution in [0, 0.1) is 0 Å². The van der Waals surface area contributed by atoms with Gasteiger partial charge in [0.2, 0.25) is 0 Å². The van der Waals surface area contributed by atoms with E-state index in [0.717, 1.165) is 30.1 Å². The van der Waals surface area contributed by atoms with Crippen LogP contribution in [0.1, 0.15) is 34.5 Å². The topological polar surface area (TPSA) is 61.6 Å². The normalized spacial score (nSPS) is 24.4. The quantitative estimate of drug-likeness (QED) is 0.496. The lowest BCUT2D eigenvalue weighted by Crippen LogP contribution is -2.36. The Morgan fingerprint density at radius 1 is 1.40 bits per heavy atom. The first-order valence-electron chi connectivity index (χ1n) is 7.31. The molecule has 2 aliphatic rings. The fraction of sp³-hybridized carbons (Fsp3) is 0.643. The number of nitrogens with one attached hydrogen (secondary N) is 1. The summed E-state index contributed by atoms with van der Waals surface area (Å²) < 4.78 is 0. The van der Waals surface area contributed by atoms with Crippen molar-refractivity contribution in [2.24, 2.45) is 5.84 Å². The number of carbonyl (C=O) groups is 1. The number of nitrogens with two attached hydrogens (primary N) is 1. The molecule has 0 saturated carbocycles. The molecule has 0 aliphatic carbocycles. The van der Waals surface area contributed by atoms with E-state index in [1.54, 1.807) is 0 Å². The lowest BCUT2D eigenvalue weighted by atomic mass is 10.2. The van der Waals surface area contributed by atoms with Gasteiger partial charge < -0.3 is 0 Å². The number of fused-ring (bicyclic) bond motifs is 1. The summed E-state index contributed by atoms with van der Waals surface area (Å²) in [6, 6.07) is 2.76. The van der Waals surface area contributed by atoms with Gasteiger partial charge in [0, 0.05) is 19.1 Å². The molecule has 0 spiro atoms. The third-order valence-corrected chi connectivity index (χ3v) is 5.32. The molecule has 1 aromatic rings. The first-order chi connectivity index (χ1) is 9.78. The zero-order valence-electron chi connectivity index (χ0n) is 11.7. The third-order valence-electron chi connectivity index (χ3n) is 4.37. The molecule has 0 radical (unpaired) electrons. The molecule has 2 fully saturated rings. The first kappa shape index (κ1) is 14.0. The van der Waals surface area contributed by atoms with Crippen LogP contribution in [0.3, 0.4) is 0 Å². The second-order valence-electron chi connectivity index (χ2n) is 5.67. The van der Waals surface area contributed by atoms with Crippen molar-refractivity contribution in [2.45, 2.75) is 31.8 Å². The summed E-state index contributed by atoms with van der Waals surface area (Å²) in [5.74, 6) is 5.07.